The van der Waals surface area contributed by atoms with E-state index in [1.165, 1.54) is 4.90 Å². The van der Waals surface area contributed by atoms with Crippen molar-refractivity contribution in [3.8, 4) is 0 Å². The maximum atomic E-state index is 12.4. The van der Waals surface area contributed by atoms with E-state index in [9.17, 15) is 13.2 Å². The minimum atomic E-state index is -4.15. The van der Waals surface area contributed by atoms with Crippen LogP contribution in [0.1, 0.15) is 18.4 Å². The molecule has 0 aliphatic carbocycles. The van der Waals surface area contributed by atoms with E-state index in [1.807, 2.05) is 18.2 Å². The summed E-state index contributed by atoms with van der Waals surface area (Å²) in [5, 5.41) is 0. The summed E-state index contributed by atoms with van der Waals surface area (Å²) >= 11 is 0. The molecule has 1 aliphatic heterocycles. The molecule has 1 aliphatic rings. The van der Waals surface area contributed by atoms with Gasteiger partial charge in [-0.25, -0.2) is 0 Å². The molecule has 0 atom stereocenters. The molecule has 112 valence electrons. The highest BCUT2D eigenvalue weighted by molar-refractivity contribution is 5.43. The topological polar surface area (TPSA) is 38.5 Å². The first-order valence-electron chi connectivity index (χ1n) is 6.55. The van der Waals surface area contributed by atoms with Crippen molar-refractivity contribution in [2.45, 2.75) is 24.6 Å². The number of ether oxygens (including phenoxy) is 1. The van der Waals surface area contributed by atoms with Gasteiger partial charge in [0.05, 0.1) is 12.1 Å². The van der Waals surface area contributed by atoms with Crippen molar-refractivity contribution in [1.82, 2.24) is 4.90 Å². The van der Waals surface area contributed by atoms with E-state index >= 15 is 0 Å². The zero-order valence-electron chi connectivity index (χ0n) is 11.4. The lowest BCUT2D eigenvalue weighted by Gasteiger charge is -2.41. The molecule has 1 aromatic rings. The molecule has 2 rings (SSSR count). The number of anilines is 1. The predicted octanol–water partition coefficient (Wildman–Crippen LogP) is 2.77. The fourth-order valence-corrected chi connectivity index (χ4v) is 2.76. The van der Waals surface area contributed by atoms with Gasteiger partial charge in [0, 0.05) is 25.9 Å². The third kappa shape index (κ3) is 3.43. The normalized spacial score (nSPS) is 20.0. The zero-order chi connectivity index (χ0) is 14.8. The first-order valence-corrected chi connectivity index (χ1v) is 6.55. The zero-order valence-corrected chi connectivity index (χ0v) is 11.4. The van der Waals surface area contributed by atoms with Crippen LogP contribution in [0.25, 0.3) is 0 Å². The molecule has 1 heterocycles. The van der Waals surface area contributed by atoms with Gasteiger partial charge >= 0.3 is 6.18 Å². The van der Waals surface area contributed by atoms with Crippen LogP contribution in [0.2, 0.25) is 0 Å². The smallest absolute Gasteiger partial charge is 0.399 e. The van der Waals surface area contributed by atoms with E-state index in [0.29, 0.717) is 31.6 Å². The van der Waals surface area contributed by atoms with Gasteiger partial charge in [-0.05, 0) is 30.5 Å². The van der Waals surface area contributed by atoms with Gasteiger partial charge < -0.3 is 10.5 Å². The first kappa shape index (κ1) is 15.1. The lowest BCUT2D eigenvalue weighted by atomic mass is 9.84. The summed E-state index contributed by atoms with van der Waals surface area (Å²) < 4.78 is 42.8. The lowest BCUT2D eigenvalue weighted by molar-refractivity contribution is -0.157. The molecule has 0 radical (unpaired) electrons. The molecule has 0 bridgehead atoms. The summed E-state index contributed by atoms with van der Waals surface area (Å²) in [6.45, 7) is -0.131. The van der Waals surface area contributed by atoms with Crippen LogP contribution in [0.3, 0.4) is 0 Å². The summed E-state index contributed by atoms with van der Waals surface area (Å²) in [7, 11) is 1.60. The van der Waals surface area contributed by atoms with Crippen molar-refractivity contribution in [1.29, 1.82) is 0 Å². The van der Waals surface area contributed by atoms with Gasteiger partial charge in [0.25, 0.3) is 0 Å². The lowest BCUT2D eigenvalue weighted by Crippen LogP contribution is -2.46. The summed E-state index contributed by atoms with van der Waals surface area (Å²) in [6.07, 6.45) is -3.09. The van der Waals surface area contributed by atoms with Gasteiger partial charge in [0.15, 0.2) is 0 Å². The molecule has 0 unspecified atom stereocenters. The number of rotatable bonds is 3. The molecule has 0 saturated carbocycles. The van der Waals surface area contributed by atoms with Gasteiger partial charge in [0.2, 0.25) is 0 Å². The molecular weight excluding hydrogens is 269 g/mol. The second-order valence-electron chi connectivity index (χ2n) is 5.22. The molecular formula is C14H19F3N2O. The van der Waals surface area contributed by atoms with Gasteiger partial charge in [-0.2, -0.15) is 13.2 Å². The summed E-state index contributed by atoms with van der Waals surface area (Å²) in [5.41, 5.74) is 6.82. The number of likely N-dealkylation sites (tertiary alicyclic amines) is 1. The fraction of sp³-hybridized carbons (Fsp3) is 0.571. The Bertz CT molecular complexity index is 454. The average molecular weight is 288 g/mol. The molecule has 6 heteroatoms. The van der Waals surface area contributed by atoms with Crippen LogP contribution in [0, 0.1) is 0 Å². The Morgan fingerprint density at radius 1 is 1.30 bits per heavy atom. The SMILES string of the molecule is COC1(c2cccc(N)c2)CCN(CC(F)(F)F)CC1. The Balaban J connectivity index is 2.09. The maximum absolute atomic E-state index is 12.4. The maximum Gasteiger partial charge on any atom is 0.401 e. The van der Waals surface area contributed by atoms with Crippen LogP contribution >= 0.6 is 0 Å². The van der Waals surface area contributed by atoms with Crippen molar-refractivity contribution in [2.75, 3.05) is 32.5 Å². The van der Waals surface area contributed by atoms with Gasteiger partial charge in [-0.3, -0.25) is 4.90 Å². The minimum Gasteiger partial charge on any atom is -0.399 e. The van der Waals surface area contributed by atoms with E-state index in [0.717, 1.165) is 5.56 Å². The Morgan fingerprint density at radius 2 is 1.95 bits per heavy atom. The monoisotopic (exact) mass is 288 g/mol. The third-order valence-electron chi connectivity index (χ3n) is 3.87. The van der Waals surface area contributed by atoms with E-state index in [2.05, 4.69) is 0 Å². The van der Waals surface area contributed by atoms with Crippen molar-refractivity contribution in [3.05, 3.63) is 29.8 Å². The molecule has 0 aromatic heterocycles. The number of alkyl halides is 3. The number of nitrogens with zero attached hydrogens (tertiary/aromatic N) is 1. The molecule has 1 aromatic carbocycles. The van der Waals surface area contributed by atoms with Crippen LogP contribution in [-0.4, -0.2) is 37.8 Å². The number of methoxy groups -OCH3 is 1. The molecule has 2 N–H and O–H groups in total. The number of nitrogen functional groups attached to an aromatic ring is 1. The van der Waals surface area contributed by atoms with E-state index in [-0.39, 0.29) is 0 Å². The molecule has 0 amide bonds. The number of nitrogens with two attached hydrogens (primary N) is 1. The van der Waals surface area contributed by atoms with Crippen molar-refractivity contribution in [2.24, 2.45) is 0 Å². The third-order valence-corrected chi connectivity index (χ3v) is 3.87. The van der Waals surface area contributed by atoms with Crippen LogP contribution in [-0.2, 0) is 10.3 Å². The number of hydrogen-bond donors (Lipinski definition) is 1. The van der Waals surface area contributed by atoms with Crippen molar-refractivity contribution < 1.29 is 17.9 Å². The van der Waals surface area contributed by atoms with E-state index in [1.54, 1.807) is 13.2 Å². The van der Waals surface area contributed by atoms with Crippen LogP contribution in [0.15, 0.2) is 24.3 Å². The van der Waals surface area contributed by atoms with Crippen LogP contribution in [0.4, 0.5) is 18.9 Å². The quantitative estimate of drug-likeness (QED) is 0.869. The summed E-state index contributed by atoms with van der Waals surface area (Å²) in [5.74, 6) is 0. The predicted molar refractivity (Wildman–Crippen MR) is 71.3 cm³/mol. The highest BCUT2D eigenvalue weighted by Gasteiger charge is 2.39. The summed E-state index contributed by atoms with van der Waals surface area (Å²) in [6, 6.07) is 7.38. The van der Waals surface area contributed by atoms with Crippen molar-refractivity contribution in [3.63, 3.8) is 0 Å². The standard InChI is InChI=1S/C14H19F3N2O/c1-20-13(11-3-2-4-12(18)9-11)5-7-19(8-6-13)10-14(15,16)17/h2-4,9H,5-8,10,18H2,1H3. The minimum absolute atomic E-state index is 0.363. The first-order chi connectivity index (χ1) is 9.35. The number of benzene rings is 1. The van der Waals surface area contributed by atoms with Gasteiger partial charge in [0.1, 0.15) is 0 Å². The summed E-state index contributed by atoms with van der Waals surface area (Å²) in [4.78, 5) is 1.42. The number of piperidine rings is 1. The number of hydrogen-bond acceptors (Lipinski definition) is 3. The Labute approximate surface area is 116 Å². The van der Waals surface area contributed by atoms with Crippen molar-refractivity contribution >= 4 is 5.69 Å². The van der Waals surface area contributed by atoms with Gasteiger partial charge in [-0.15, -0.1) is 0 Å². The average Bonchev–Trinajstić information content (AvgIpc) is 2.38. The second-order valence-corrected chi connectivity index (χ2v) is 5.22. The van der Waals surface area contributed by atoms with Gasteiger partial charge in [-0.1, -0.05) is 12.1 Å². The Morgan fingerprint density at radius 3 is 2.45 bits per heavy atom. The van der Waals surface area contributed by atoms with E-state index in [4.69, 9.17) is 10.5 Å². The number of halogens is 3. The Kier molecular flexibility index (Phi) is 4.25. The fourth-order valence-electron chi connectivity index (χ4n) is 2.76. The molecule has 1 fully saturated rings. The molecule has 1 saturated heterocycles. The van der Waals surface area contributed by atoms with Crippen LogP contribution < -0.4 is 5.73 Å². The van der Waals surface area contributed by atoms with E-state index < -0.39 is 18.3 Å². The largest absolute Gasteiger partial charge is 0.401 e. The highest BCUT2D eigenvalue weighted by atomic mass is 19.4. The second kappa shape index (κ2) is 5.61. The molecule has 3 nitrogen and oxygen atoms in total. The van der Waals surface area contributed by atoms with Crippen LogP contribution in [0.5, 0.6) is 0 Å². The highest BCUT2D eigenvalue weighted by Crippen LogP contribution is 2.37. The molecule has 0 spiro atoms. The Hall–Kier alpha value is -1.27. The molecule has 20 heavy (non-hydrogen) atoms.